The van der Waals surface area contributed by atoms with Gasteiger partial charge in [-0.2, -0.15) is 0 Å². The van der Waals surface area contributed by atoms with Crippen LogP contribution < -0.4 is 11.1 Å². The standard InChI is InChI=1S/C16H32N2O3/c1-11(2)8-14(17)15(20)9-13(6-5-7-19)16(21)18-10-12(3)4/h9,11-12,14-15,19-20H,5-8,10,17H2,1-4H3,(H,18,21)/b13-9+/t14-,15-/m0/s1. The molecule has 0 aliphatic carbocycles. The molecule has 5 nitrogen and oxygen atoms in total. The summed E-state index contributed by atoms with van der Waals surface area (Å²) in [5.74, 6) is 0.563. The van der Waals surface area contributed by atoms with E-state index < -0.39 is 6.10 Å². The summed E-state index contributed by atoms with van der Waals surface area (Å²) in [4.78, 5) is 12.1. The Morgan fingerprint density at radius 2 is 1.86 bits per heavy atom. The number of carbonyl (C=O) groups is 1. The van der Waals surface area contributed by atoms with Crippen LogP contribution in [0.4, 0.5) is 0 Å². The molecule has 0 heterocycles. The van der Waals surface area contributed by atoms with Crippen molar-refractivity contribution in [2.24, 2.45) is 17.6 Å². The van der Waals surface area contributed by atoms with Crippen LogP contribution in [0.2, 0.25) is 0 Å². The Kier molecular flexibility index (Phi) is 10.3. The largest absolute Gasteiger partial charge is 0.396 e. The first-order valence-corrected chi connectivity index (χ1v) is 7.81. The molecule has 1 amide bonds. The highest BCUT2D eigenvalue weighted by atomic mass is 16.3. The number of carbonyl (C=O) groups excluding carboxylic acids is 1. The van der Waals surface area contributed by atoms with E-state index in [0.29, 0.717) is 43.2 Å². The average Bonchev–Trinajstić information content (AvgIpc) is 2.39. The topological polar surface area (TPSA) is 95.6 Å². The molecule has 5 heteroatoms. The van der Waals surface area contributed by atoms with Gasteiger partial charge in [0.15, 0.2) is 0 Å². The van der Waals surface area contributed by atoms with E-state index in [1.165, 1.54) is 0 Å². The van der Waals surface area contributed by atoms with Gasteiger partial charge in [-0.15, -0.1) is 0 Å². The van der Waals surface area contributed by atoms with Crippen LogP contribution in [0.25, 0.3) is 0 Å². The maximum atomic E-state index is 12.1. The van der Waals surface area contributed by atoms with E-state index in [1.807, 2.05) is 27.7 Å². The molecule has 0 aliphatic rings. The van der Waals surface area contributed by atoms with E-state index in [0.717, 1.165) is 0 Å². The molecule has 0 aromatic heterocycles. The Balaban J connectivity index is 4.77. The third-order valence-corrected chi connectivity index (χ3v) is 3.12. The molecule has 5 N–H and O–H groups in total. The second-order valence-electron chi connectivity index (χ2n) is 6.41. The third-order valence-electron chi connectivity index (χ3n) is 3.12. The minimum atomic E-state index is -0.842. The minimum absolute atomic E-state index is 0.0168. The van der Waals surface area contributed by atoms with Crippen LogP contribution in [-0.2, 0) is 4.79 Å². The van der Waals surface area contributed by atoms with Crippen LogP contribution in [0.3, 0.4) is 0 Å². The predicted molar refractivity (Wildman–Crippen MR) is 85.7 cm³/mol. The molecule has 2 atom stereocenters. The third kappa shape index (κ3) is 9.61. The molecule has 124 valence electrons. The summed E-state index contributed by atoms with van der Waals surface area (Å²) < 4.78 is 0. The van der Waals surface area contributed by atoms with Crippen molar-refractivity contribution >= 4 is 5.91 Å². The molecule has 0 unspecified atom stereocenters. The molecule has 0 fully saturated rings. The molecular formula is C16H32N2O3. The summed E-state index contributed by atoms with van der Waals surface area (Å²) >= 11 is 0. The van der Waals surface area contributed by atoms with E-state index in [-0.39, 0.29) is 18.6 Å². The van der Waals surface area contributed by atoms with Gasteiger partial charge in [-0.05, 0) is 37.2 Å². The van der Waals surface area contributed by atoms with Gasteiger partial charge < -0.3 is 21.3 Å². The molecule has 0 spiro atoms. The summed E-state index contributed by atoms with van der Waals surface area (Å²) in [5.41, 5.74) is 6.44. The smallest absolute Gasteiger partial charge is 0.246 e. The molecule has 0 radical (unpaired) electrons. The predicted octanol–water partition coefficient (Wildman–Crippen LogP) is 1.19. The lowest BCUT2D eigenvalue weighted by Gasteiger charge is -2.19. The van der Waals surface area contributed by atoms with Gasteiger partial charge in [0.2, 0.25) is 5.91 Å². The molecule has 0 rings (SSSR count). The van der Waals surface area contributed by atoms with Gasteiger partial charge in [-0.1, -0.05) is 27.7 Å². The normalized spacial score (nSPS) is 15.4. The average molecular weight is 300 g/mol. The maximum absolute atomic E-state index is 12.1. The lowest BCUT2D eigenvalue weighted by Crippen LogP contribution is -2.36. The highest BCUT2D eigenvalue weighted by molar-refractivity contribution is 5.93. The highest BCUT2D eigenvalue weighted by Crippen LogP contribution is 2.12. The van der Waals surface area contributed by atoms with Crippen molar-refractivity contribution in [3.8, 4) is 0 Å². The van der Waals surface area contributed by atoms with Crippen molar-refractivity contribution in [2.75, 3.05) is 13.2 Å². The molecule has 0 bridgehead atoms. The van der Waals surface area contributed by atoms with Crippen LogP contribution in [0, 0.1) is 11.8 Å². The van der Waals surface area contributed by atoms with E-state index in [2.05, 4.69) is 5.32 Å². The van der Waals surface area contributed by atoms with Gasteiger partial charge in [0.05, 0.1) is 6.10 Å². The summed E-state index contributed by atoms with van der Waals surface area (Å²) in [7, 11) is 0. The molecule has 0 aromatic carbocycles. The fraction of sp³-hybridized carbons (Fsp3) is 0.812. The monoisotopic (exact) mass is 300 g/mol. The molecule has 0 saturated heterocycles. The van der Waals surface area contributed by atoms with Crippen LogP contribution in [0.1, 0.15) is 47.0 Å². The van der Waals surface area contributed by atoms with Gasteiger partial charge in [-0.3, -0.25) is 4.79 Å². The first-order chi connectivity index (χ1) is 9.77. The lowest BCUT2D eigenvalue weighted by molar-refractivity contribution is -0.117. The number of amides is 1. The highest BCUT2D eigenvalue weighted by Gasteiger charge is 2.17. The van der Waals surface area contributed by atoms with Crippen LogP contribution >= 0.6 is 0 Å². The number of aliphatic hydroxyl groups excluding tert-OH is 2. The van der Waals surface area contributed by atoms with E-state index in [9.17, 15) is 9.90 Å². The van der Waals surface area contributed by atoms with Crippen molar-refractivity contribution in [2.45, 2.75) is 59.1 Å². The van der Waals surface area contributed by atoms with Crippen molar-refractivity contribution in [1.82, 2.24) is 5.32 Å². The molecular weight excluding hydrogens is 268 g/mol. The van der Waals surface area contributed by atoms with E-state index in [4.69, 9.17) is 10.8 Å². The quantitative estimate of drug-likeness (QED) is 0.456. The Morgan fingerprint density at radius 1 is 1.24 bits per heavy atom. The summed E-state index contributed by atoms with van der Waals surface area (Å²) in [6.45, 7) is 8.72. The second-order valence-corrected chi connectivity index (χ2v) is 6.41. The zero-order chi connectivity index (χ0) is 16.4. The summed E-state index contributed by atoms with van der Waals surface area (Å²) in [6.07, 6.45) is 2.32. The Hall–Kier alpha value is -0.910. The molecule has 0 saturated carbocycles. The number of hydrogen-bond acceptors (Lipinski definition) is 4. The maximum Gasteiger partial charge on any atom is 0.246 e. The SMILES string of the molecule is CC(C)CNC(=O)/C(=C/[C@H](O)[C@@H](N)CC(C)C)CCCO. The first kappa shape index (κ1) is 20.1. The van der Waals surface area contributed by atoms with E-state index >= 15 is 0 Å². The van der Waals surface area contributed by atoms with Gasteiger partial charge in [0.25, 0.3) is 0 Å². The van der Waals surface area contributed by atoms with Crippen LogP contribution in [0.15, 0.2) is 11.6 Å². The number of aliphatic hydroxyl groups is 2. The van der Waals surface area contributed by atoms with E-state index in [1.54, 1.807) is 6.08 Å². The molecule has 21 heavy (non-hydrogen) atoms. The fourth-order valence-electron chi connectivity index (χ4n) is 1.97. The van der Waals surface area contributed by atoms with Gasteiger partial charge in [-0.25, -0.2) is 0 Å². The second kappa shape index (κ2) is 10.8. The first-order valence-electron chi connectivity index (χ1n) is 7.81. The summed E-state index contributed by atoms with van der Waals surface area (Å²) in [5, 5.41) is 21.9. The number of hydrogen-bond donors (Lipinski definition) is 4. The Bertz CT molecular complexity index is 327. The summed E-state index contributed by atoms with van der Waals surface area (Å²) in [6, 6.07) is -0.382. The van der Waals surface area contributed by atoms with Crippen LogP contribution in [0.5, 0.6) is 0 Å². The molecule has 0 aromatic rings. The van der Waals surface area contributed by atoms with Gasteiger partial charge >= 0.3 is 0 Å². The van der Waals surface area contributed by atoms with Crippen molar-refractivity contribution in [3.05, 3.63) is 11.6 Å². The number of nitrogens with two attached hydrogens (primary N) is 1. The Morgan fingerprint density at radius 3 is 2.33 bits per heavy atom. The van der Waals surface area contributed by atoms with Gasteiger partial charge in [0.1, 0.15) is 0 Å². The van der Waals surface area contributed by atoms with Crippen molar-refractivity contribution in [1.29, 1.82) is 0 Å². The lowest BCUT2D eigenvalue weighted by atomic mass is 9.97. The minimum Gasteiger partial charge on any atom is -0.396 e. The van der Waals surface area contributed by atoms with Crippen molar-refractivity contribution in [3.63, 3.8) is 0 Å². The molecule has 0 aliphatic heterocycles. The van der Waals surface area contributed by atoms with Crippen LogP contribution in [-0.4, -0.2) is 41.4 Å². The van der Waals surface area contributed by atoms with Gasteiger partial charge in [0, 0.05) is 24.8 Å². The fourth-order valence-corrected chi connectivity index (χ4v) is 1.97. The van der Waals surface area contributed by atoms with Crippen molar-refractivity contribution < 1.29 is 15.0 Å². The number of rotatable bonds is 10. The zero-order valence-electron chi connectivity index (χ0n) is 13.8. The Labute approximate surface area is 128 Å². The number of nitrogens with one attached hydrogen (secondary N) is 1. The zero-order valence-corrected chi connectivity index (χ0v) is 13.8.